The third-order valence-corrected chi connectivity index (χ3v) is 6.14. The van der Waals surface area contributed by atoms with Gasteiger partial charge in [-0.05, 0) is 50.3 Å². The first kappa shape index (κ1) is 13.5. The van der Waals surface area contributed by atoms with Crippen molar-refractivity contribution in [2.75, 3.05) is 31.9 Å². The number of likely N-dealkylation sites (tertiary alicyclic amines) is 1. The maximum atomic E-state index is 12.0. The summed E-state index contributed by atoms with van der Waals surface area (Å²) in [5.74, 6) is 0.955. The highest BCUT2D eigenvalue weighted by Gasteiger charge is 2.32. The second kappa shape index (κ2) is 6.29. The van der Waals surface area contributed by atoms with Crippen molar-refractivity contribution in [1.82, 2.24) is 9.80 Å². The summed E-state index contributed by atoms with van der Waals surface area (Å²) < 4.78 is 0. The molecule has 2 saturated heterocycles. The molecule has 3 rings (SSSR count). The third kappa shape index (κ3) is 3.15. The first-order valence-electron chi connectivity index (χ1n) is 7.01. The minimum atomic E-state index is 0.270. The molecule has 2 fully saturated rings. The van der Waals surface area contributed by atoms with Crippen LogP contribution in [0, 0.1) is 0 Å². The van der Waals surface area contributed by atoms with Crippen LogP contribution in [-0.2, 0) is 4.79 Å². The molecule has 3 nitrogen and oxygen atoms in total. The molecule has 0 aromatic carbocycles. The molecule has 104 valence electrons. The van der Waals surface area contributed by atoms with Crippen molar-refractivity contribution < 1.29 is 4.79 Å². The molecule has 1 unspecified atom stereocenters. The Morgan fingerprint density at radius 2 is 2.11 bits per heavy atom. The maximum Gasteiger partial charge on any atom is 0.233 e. The van der Waals surface area contributed by atoms with Crippen LogP contribution in [0.4, 0.5) is 0 Å². The number of carbonyl (C=O) groups is 1. The summed E-state index contributed by atoms with van der Waals surface area (Å²) in [6, 6.07) is 4.22. The summed E-state index contributed by atoms with van der Waals surface area (Å²) in [5, 5.41) is 2.37. The van der Waals surface area contributed by atoms with Gasteiger partial charge in [0, 0.05) is 11.4 Å². The van der Waals surface area contributed by atoms with Gasteiger partial charge in [0.1, 0.15) is 5.37 Å². The van der Waals surface area contributed by atoms with Crippen LogP contribution in [-0.4, -0.2) is 47.6 Å². The Kier molecular flexibility index (Phi) is 4.45. The van der Waals surface area contributed by atoms with E-state index in [2.05, 4.69) is 27.3 Å². The maximum absolute atomic E-state index is 12.0. The van der Waals surface area contributed by atoms with Gasteiger partial charge >= 0.3 is 0 Å². The molecule has 0 bridgehead atoms. The van der Waals surface area contributed by atoms with Crippen LogP contribution in [0.1, 0.15) is 29.5 Å². The fourth-order valence-electron chi connectivity index (χ4n) is 2.83. The molecule has 0 N–H and O–H groups in total. The fraction of sp³-hybridized carbons (Fsp3) is 0.643. The average Bonchev–Trinajstić information content (AvgIpc) is 3.12. The molecular weight excluding hydrogens is 276 g/mol. The van der Waals surface area contributed by atoms with E-state index in [1.165, 1.54) is 30.8 Å². The molecule has 1 amide bonds. The molecule has 5 heteroatoms. The van der Waals surface area contributed by atoms with E-state index in [1.807, 2.05) is 0 Å². The molecule has 2 aliphatic rings. The SMILES string of the molecule is O=C1CSC(c2cccs2)N1CCCN1CCCC1. The summed E-state index contributed by atoms with van der Waals surface area (Å²) in [6.07, 6.45) is 3.79. The van der Waals surface area contributed by atoms with Crippen molar-refractivity contribution in [2.45, 2.75) is 24.6 Å². The zero-order valence-electron chi connectivity index (χ0n) is 11.1. The lowest BCUT2D eigenvalue weighted by Gasteiger charge is -2.24. The number of amides is 1. The topological polar surface area (TPSA) is 23.6 Å². The lowest BCUT2D eigenvalue weighted by atomic mass is 10.3. The molecule has 1 atom stereocenters. The highest BCUT2D eigenvalue weighted by molar-refractivity contribution is 8.00. The number of thioether (sulfide) groups is 1. The molecule has 2 aliphatic heterocycles. The second-order valence-electron chi connectivity index (χ2n) is 5.17. The number of nitrogens with zero attached hydrogens (tertiary/aromatic N) is 2. The zero-order chi connectivity index (χ0) is 13.1. The van der Waals surface area contributed by atoms with E-state index in [0.717, 1.165) is 19.5 Å². The zero-order valence-corrected chi connectivity index (χ0v) is 12.7. The average molecular weight is 296 g/mol. The molecular formula is C14H20N2OS2. The molecule has 0 saturated carbocycles. The molecule has 0 spiro atoms. The summed E-state index contributed by atoms with van der Waals surface area (Å²) in [4.78, 5) is 17.9. The van der Waals surface area contributed by atoms with Crippen molar-refractivity contribution in [3.05, 3.63) is 22.4 Å². The van der Waals surface area contributed by atoms with Gasteiger partial charge in [-0.25, -0.2) is 0 Å². The summed E-state index contributed by atoms with van der Waals surface area (Å²) >= 11 is 3.53. The van der Waals surface area contributed by atoms with E-state index in [-0.39, 0.29) is 5.37 Å². The van der Waals surface area contributed by atoms with Gasteiger partial charge in [-0.3, -0.25) is 4.79 Å². The highest BCUT2D eigenvalue weighted by Crippen LogP contribution is 2.40. The Bertz CT molecular complexity index is 415. The number of hydrogen-bond donors (Lipinski definition) is 0. The summed E-state index contributed by atoms with van der Waals surface area (Å²) in [7, 11) is 0. The standard InChI is InChI=1S/C14H20N2OS2/c17-13-11-19-14(12-5-3-10-18-12)16(13)9-4-8-15-6-1-2-7-15/h3,5,10,14H,1-2,4,6-9,11H2. The highest BCUT2D eigenvalue weighted by atomic mass is 32.2. The van der Waals surface area contributed by atoms with Gasteiger partial charge in [-0.1, -0.05) is 6.07 Å². The van der Waals surface area contributed by atoms with E-state index >= 15 is 0 Å². The van der Waals surface area contributed by atoms with Gasteiger partial charge in [-0.2, -0.15) is 0 Å². The van der Waals surface area contributed by atoms with Gasteiger partial charge in [-0.15, -0.1) is 23.1 Å². The minimum absolute atomic E-state index is 0.270. The number of rotatable bonds is 5. The normalized spacial score (nSPS) is 24.5. The number of thiophene rings is 1. The molecule has 3 heterocycles. The Morgan fingerprint density at radius 1 is 1.26 bits per heavy atom. The van der Waals surface area contributed by atoms with Gasteiger partial charge in [0.25, 0.3) is 0 Å². The molecule has 0 aliphatic carbocycles. The second-order valence-corrected chi connectivity index (χ2v) is 7.22. The molecule has 0 radical (unpaired) electrons. The fourth-order valence-corrected chi connectivity index (χ4v) is 5.03. The predicted octanol–water partition coefficient (Wildman–Crippen LogP) is 2.81. The van der Waals surface area contributed by atoms with Crippen LogP contribution >= 0.6 is 23.1 Å². The largest absolute Gasteiger partial charge is 0.325 e. The Morgan fingerprint density at radius 3 is 2.84 bits per heavy atom. The number of hydrogen-bond acceptors (Lipinski definition) is 4. The van der Waals surface area contributed by atoms with E-state index in [0.29, 0.717) is 11.7 Å². The summed E-state index contributed by atoms with van der Waals surface area (Å²) in [5.41, 5.74) is 0. The van der Waals surface area contributed by atoms with Crippen molar-refractivity contribution >= 4 is 29.0 Å². The van der Waals surface area contributed by atoms with Crippen molar-refractivity contribution in [3.8, 4) is 0 Å². The van der Waals surface area contributed by atoms with Crippen LogP contribution in [0.3, 0.4) is 0 Å². The van der Waals surface area contributed by atoms with Gasteiger partial charge in [0.15, 0.2) is 0 Å². The quantitative estimate of drug-likeness (QED) is 0.835. The Labute approximate surface area is 123 Å². The van der Waals surface area contributed by atoms with Crippen LogP contribution in [0.25, 0.3) is 0 Å². The van der Waals surface area contributed by atoms with Crippen LogP contribution < -0.4 is 0 Å². The monoisotopic (exact) mass is 296 g/mol. The van der Waals surface area contributed by atoms with Gasteiger partial charge in [0.2, 0.25) is 5.91 Å². The first-order chi connectivity index (χ1) is 9.34. The van der Waals surface area contributed by atoms with Gasteiger partial charge in [0.05, 0.1) is 5.75 Å². The van der Waals surface area contributed by atoms with E-state index in [1.54, 1.807) is 23.1 Å². The molecule has 1 aromatic rings. The van der Waals surface area contributed by atoms with Crippen LogP contribution in [0.15, 0.2) is 17.5 Å². The number of carbonyl (C=O) groups excluding carboxylic acids is 1. The lowest BCUT2D eigenvalue weighted by Crippen LogP contribution is -2.31. The van der Waals surface area contributed by atoms with Crippen LogP contribution in [0.2, 0.25) is 0 Å². The summed E-state index contributed by atoms with van der Waals surface area (Å²) in [6.45, 7) is 4.55. The van der Waals surface area contributed by atoms with E-state index in [9.17, 15) is 4.79 Å². The van der Waals surface area contributed by atoms with E-state index < -0.39 is 0 Å². The minimum Gasteiger partial charge on any atom is -0.325 e. The Balaban J connectivity index is 1.53. The first-order valence-corrected chi connectivity index (χ1v) is 8.94. The Hall–Kier alpha value is -0.520. The van der Waals surface area contributed by atoms with Crippen LogP contribution in [0.5, 0.6) is 0 Å². The lowest BCUT2D eigenvalue weighted by molar-refractivity contribution is -0.128. The predicted molar refractivity (Wildman–Crippen MR) is 81.5 cm³/mol. The van der Waals surface area contributed by atoms with E-state index in [4.69, 9.17) is 0 Å². The molecule has 1 aromatic heterocycles. The van der Waals surface area contributed by atoms with Crippen molar-refractivity contribution in [2.24, 2.45) is 0 Å². The van der Waals surface area contributed by atoms with Crippen molar-refractivity contribution in [1.29, 1.82) is 0 Å². The van der Waals surface area contributed by atoms with Gasteiger partial charge < -0.3 is 9.80 Å². The molecule has 19 heavy (non-hydrogen) atoms. The smallest absolute Gasteiger partial charge is 0.233 e. The van der Waals surface area contributed by atoms with Crippen molar-refractivity contribution in [3.63, 3.8) is 0 Å². The third-order valence-electron chi connectivity index (χ3n) is 3.83.